The minimum absolute atomic E-state index is 0.0275. The number of fused-ring (bicyclic) bond motifs is 9. The molecule has 0 saturated carbocycles. The molecule has 2 aliphatic carbocycles. The predicted octanol–water partition coefficient (Wildman–Crippen LogP) is 14.4. The van der Waals surface area contributed by atoms with Gasteiger partial charge in [-0.25, -0.2) is 0 Å². The third-order valence-electron chi connectivity index (χ3n) is 16.0. The molecule has 0 saturated heterocycles. The van der Waals surface area contributed by atoms with Gasteiger partial charge in [-0.3, -0.25) is 0 Å². The Kier molecular flexibility index (Phi) is 8.63. The third kappa shape index (κ3) is 5.97. The van der Waals surface area contributed by atoms with E-state index in [-0.39, 0.29) is 39.2 Å². The Labute approximate surface area is 373 Å². The lowest BCUT2D eigenvalue weighted by Gasteiger charge is -2.49. The van der Waals surface area contributed by atoms with Crippen LogP contribution in [0.3, 0.4) is 0 Å². The maximum atomic E-state index is 7.58. The molecule has 5 aromatic carbocycles. The van der Waals surface area contributed by atoms with E-state index in [0.717, 1.165) is 17.7 Å². The topological polar surface area (TPSA) is 19.6 Å². The molecule has 0 fully saturated rings. The van der Waals surface area contributed by atoms with Crippen molar-refractivity contribution in [3.8, 4) is 0 Å². The number of rotatable bonds is 2. The summed E-state index contributed by atoms with van der Waals surface area (Å²) in [4.78, 5) is 5.27. The number of hydrogen-bond donors (Lipinski definition) is 0. The quantitative estimate of drug-likeness (QED) is 0.162. The number of hydrogen-bond acceptors (Lipinski definition) is 3. The molecule has 0 amide bonds. The summed E-state index contributed by atoms with van der Waals surface area (Å²) >= 11 is 0. The molecule has 6 aromatic rings. The van der Waals surface area contributed by atoms with Crippen LogP contribution in [0.15, 0.2) is 83.3 Å². The van der Waals surface area contributed by atoms with Crippen molar-refractivity contribution < 1.29 is 4.42 Å². The van der Waals surface area contributed by atoms with E-state index in [9.17, 15) is 0 Å². The molecular formula is C58H69BN2O. The highest BCUT2D eigenvalue weighted by Crippen LogP contribution is 2.56. The molecule has 4 aliphatic rings. The Morgan fingerprint density at radius 1 is 0.532 bits per heavy atom. The summed E-state index contributed by atoms with van der Waals surface area (Å²) in [6.07, 6.45) is 4.64. The second-order valence-corrected chi connectivity index (χ2v) is 24.5. The molecule has 320 valence electrons. The zero-order valence-electron chi connectivity index (χ0n) is 40.7. The number of benzene rings is 5. The van der Waals surface area contributed by atoms with E-state index in [2.05, 4.69) is 199 Å². The fourth-order valence-corrected chi connectivity index (χ4v) is 11.9. The molecule has 0 radical (unpaired) electrons. The van der Waals surface area contributed by atoms with E-state index in [4.69, 9.17) is 4.42 Å². The molecule has 10 rings (SSSR count). The van der Waals surface area contributed by atoms with Gasteiger partial charge in [0.2, 0.25) is 0 Å². The summed E-state index contributed by atoms with van der Waals surface area (Å²) in [5, 5.41) is 1.22. The molecule has 0 N–H and O–H groups in total. The van der Waals surface area contributed by atoms with Crippen molar-refractivity contribution in [2.24, 2.45) is 0 Å². The Morgan fingerprint density at radius 2 is 1.08 bits per heavy atom. The van der Waals surface area contributed by atoms with Crippen LogP contribution in [-0.4, -0.2) is 6.71 Å². The van der Waals surface area contributed by atoms with E-state index < -0.39 is 0 Å². The van der Waals surface area contributed by atoms with Crippen LogP contribution in [0.5, 0.6) is 0 Å². The Balaban J connectivity index is 1.35. The molecular weight excluding hydrogens is 751 g/mol. The lowest BCUT2D eigenvalue weighted by Crippen LogP contribution is -2.61. The summed E-state index contributed by atoms with van der Waals surface area (Å²) in [7, 11) is 0. The SMILES string of the molecule is Cc1cc2c3c(c1)N(c1ccc(C(C)(C)C)cc1)c1c(oc4cc5c(cc14)C(C)(C)CCC5(C)C)B3c1ccc3c(c1N2c1ccc(C(C)(C)C)cc1C)C(C)(C)CCC3(C)C. The smallest absolute Gasteiger partial charge is 0.297 e. The Bertz CT molecular complexity index is 2850. The van der Waals surface area contributed by atoms with Crippen LogP contribution in [0, 0.1) is 13.8 Å². The van der Waals surface area contributed by atoms with Gasteiger partial charge >= 0.3 is 0 Å². The summed E-state index contributed by atoms with van der Waals surface area (Å²) in [6, 6.07) is 31.6. The number of aryl methyl sites for hydroxylation is 2. The number of nitrogens with zero attached hydrogens (tertiary/aromatic N) is 2. The second-order valence-electron chi connectivity index (χ2n) is 24.5. The zero-order chi connectivity index (χ0) is 44.4. The lowest BCUT2D eigenvalue weighted by molar-refractivity contribution is 0.332. The number of anilines is 6. The van der Waals surface area contributed by atoms with Crippen LogP contribution in [0.25, 0.3) is 11.0 Å². The molecule has 62 heavy (non-hydrogen) atoms. The van der Waals surface area contributed by atoms with Crippen LogP contribution in [0.1, 0.15) is 167 Å². The third-order valence-corrected chi connectivity index (χ3v) is 16.0. The van der Waals surface area contributed by atoms with Crippen molar-refractivity contribution in [2.45, 2.75) is 169 Å². The minimum Gasteiger partial charge on any atom is -0.468 e. The average Bonchev–Trinajstić information content (AvgIpc) is 3.55. The van der Waals surface area contributed by atoms with Gasteiger partial charge in [0.05, 0.1) is 11.3 Å². The molecule has 0 unspecified atom stereocenters. The molecule has 4 heteroatoms. The van der Waals surface area contributed by atoms with E-state index in [1.807, 2.05) is 0 Å². The van der Waals surface area contributed by atoms with Crippen LogP contribution in [0.2, 0.25) is 0 Å². The lowest BCUT2D eigenvalue weighted by atomic mass is 9.35. The van der Waals surface area contributed by atoms with E-state index in [0.29, 0.717) is 0 Å². The highest BCUT2D eigenvalue weighted by molar-refractivity contribution is 7.00. The van der Waals surface area contributed by atoms with Gasteiger partial charge in [0, 0.05) is 33.8 Å². The highest BCUT2D eigenvalue weighted by Gasteiger charge is 2.51. The molecule has 0 spiro atoms. The van der Waals surface area contributed by atoms with Gasteiger partial charge in [0.1, 0.15) is 5.58 Å². The maximum absolute atomic E-state index is 7.58. The maximum Gasteiger partial charge on any atom is 0.297 e. The van der Waals surface area contributed by atoms with Crippen molar-refractivity contribution in [3.63, 3.8) is 0 Å². The summed E-state index contributed by atoms with van der Waals surface area (Å²) < 4.78 is 7.58. The van der Waals surface area contributed by atoms with E-state index in [1.54, 1.807) is 0 Å². The normalized spacial score (nSPS) is 19.1. The molecule has 0 atom stereocenters. The summed E-state index contributed by atoms with van der Waals surface area (Å²) in [5.41, 5.74) is 23.6. The standard InChI is InChI=1S/C58H69BN2O/c1-34-29-45-49-46(30-34)61(44-24-19-37(31-35(44)2)54(6,7)8)51-43(23-22-40-48(51)58(15,16)28-27-55(40,9)10)59(49)52-50(60(45)38-20-17-36(18-21-38)53(3,4)5)39-32-41-42(33-47(39)62-52)57(13,14)26-25-56(41,11)12/h17-24,29-33H,25-28H2,1-16H3. The number of furan rings is 1. The van der Waals surface area contributed by atoms with Gasteiger partial charge in [-0.15, -0.1) is 0 Å². The van der Waals surface area contributed by atoms with Gasteiger partial charge in [0.25, 0.3) is 6.71 Å². The molecule has 3 heterocycles. The first-order valence-corrected chi connectivity index (χ1v) is 23.6. The van der Waals surface area contributed by atoms with Gasteiger partial charge in [-0.05, 0) is 170 Å². The molecule has 2 aliphatic heterocycles. The molecule has 3 nitrogen and oxygen atoms in total. The fraction of sp³-hybridized carbons (Fsp3) is 0.448. The predicted molar refractivity (Wildman–Crippen MR) is 268 cm³/mol. The first-order chi connectivity index (χ1) is 28.8. The fourth-order valence-electron chi connectivity index (χ4n) is 11.9. The zero-order valence-corrected chi connectivity index (χ0v) is 40.7. The van der Waals surface area contributed by atoms with Crippen molar-refractivity contribution in [1.29, 1.82) is 0 Å². The average molecular weight is 821 g/mol. The van der Waals surface area contributed by atoms with Crippen molar-refractivity contribution in [3.05, 3.63) is 123 Å². The van der Waals surface area contributed by atoms with Crippen LogP contribution < -0.4 is 26.4 Å². The first kappa shape index (κ1) is 41.3. The van der Waals surface area contributed by atoms with Crippen LogP contribution in [0.4, 0.5) is 34.1 Å². The van der Waals surface area contributed by atoms with E-state index >= 15 is 0 Å². The van der Waals surface area contributed by atoms with Crippen molar-refractivity contribution in [2.75, 3.05) is 9.80 Å². The van der Waals surface area contributed by atoms with Crippen molar-refractivity contribution >= 4 is 68.4 Å². The minimum atomic E-state index is -0.0855. The van der Waals surface area contributed by atoms with E-state index in [1.165, 1.54) is 114 Å². The van der Waals surface area contributed by atoms with Gasteiger partial charge in [-0.1, -0.05) is 133 Å². The molecule has 1 aromatic heterocycles. The summed E-state index contributed by atoms with van der Waals surface area (Å²) in [6.45, 7) is 38.1. The van der Waals surface area contributed by atoms with Gasteiger partial charge in [0.15, 0.2) is 0 Å². The monoisotopic (exact) mass is 821 g/mol. The van der Waals surface area contributed by atoms with Crippen LogP contribution in [-0.2, 0) is 32.5 Å². The second kappa shape index (κ2) is 13.0. The largest absolute Gasteiger partial charge is 0.468 e. The van der Waals surface area contributed by atoms with Crippen molar-refractivity contribution in [1.82, 2.24) is 0 Å². The first-order valence-electron chi connectivity index (χ1n) is 23.6. The highest BCUT2D eigenvalue weighted by atomic mass is 16.3. The Hall–Kier alpha value is -4.70. The Morgan fingerprint density at radius 3 is 1.68 bits per heavy atom. The van der Waals surface area contributed by atoms with Gasteiger partial charge < -0.3 is 14.2 Å². The summed E-state index contributed by atoms with van der Waals surface area (Å²) in [5.74, 6) is 0. The van der Waals surface area contributed by atoms with Crippen LogP contribution >= 0.6 is 0 Å². The molecule has 0 bridgehead atoms. The van der Waals surface area contributed by atoms with Gasteiger partial charge in [-0.2, -0.15) is 0 Å².